The number of halogens is 1. The summed E-state index contributed by atoms with van der Waals surface area (Å²) in [6.45, 7) is 6.36. The fourth-order valence-corrected chi connectivity index (χ4v) is 1.96. The Morgan fingerprint density at radius 3 is 2.35 bits per heavy atom. The second-order valence-electron chi connectivity index (χ2n) is 4.19. The maximum absolute atomic E-state index is 9.31. The summed E-state index contributed by atoms with van der Waals surface area (Å²) in [7, 11) is 0. The van der Waals surface area contributed by atoms with E-state index in [9.17, 15) is 5.11 Å². The number of hydrogen-bond donors (Lipinski definition) is 1. The minimum atomic E-state index is -0.250. The first-order valence-electron chi connectivity index (χ1n) is 5.68. The molecule has 2 rings (SSSR count). The summed E-state index contributed by atoms with van der Waals surface area (Å²) in [5.74, 6) is 0.805. The van der Waals surface area contributed by atoms with Gasteiger partial charge in [-0.05, 0) is 13.0 Å². The van der Waals surface area contributed by atoms with E-state index < -0.39 is 0 Å². The summed E-state index contributed by atoms with van der Waals surface area (Å²) < 4.78 is 0. The van der Waals surface area contributed by atoms with Crippen LogP contribution in [-0.4, -0.2) is 58.8 Å². The summed E-state index contributed by atoms with van der Waals surface area (Å²) in [5, 5.41) is 9.31. The summed E-state index contributed by atoms with van der Waals surface area (Å²) >= 11 is 0. The highest BCUT2D eigenvalue weighted by atomic mass is 35.5. The molecule has 1 fully saturated rings. The normalized spacial score (nSPS) is 18.6. The smallest absolute Gasteiger partial charge is 0.225 e. The minimum Gasteiger partial charge on any atom is -0.392 e. The number of anilines is 1. The van der Waals surface area contributed by atoms with Crippen LogP contribution in [0.15, 0.2) is 18.5 Å². The topological polar surface area (TPSA) is 52.5 Å². The van der Waals surface area contributed by atoms with Crippen molar-refractivity contribution < 1.29 is 5.11 Å². The van der Waals surface area contributed by atoms with Gasteiger partial charge in [-0.25, -0.2) is 9.97 Å². The predicted molar refractivity (Wildman–Crippen MR) is 69.6 cm³/mol. The third-order valence-electron chi connectivity index (χ3n) is 2.73. The lowest BCUT2D eigenvalue weighted by Crippen LogP contribution is -2.48. The molecule has 1 aliphatic rings. The number of aliphatic hydroxyl groups excluding tert-OH is 1. The number of aliphatic hydroxyl groups is 1. The molecule has 1 unspecified atom stereocenters. The zero-order valence-corrected chi connectivity index (χ0v) is 10.8. The Morgan fingerprint density at radius 2 is 1.82 bits per heavy atom. The van der Waals surface area contributed by atoms with Gasteiger partial charge in [0.15, 0.2) is 0 Å². The van der Waals surface area contributed by atoms with Crippen molar-refractivity contribution in [2.24, 2.45) is 0 Å². The molecule has 1 atom stereocenters. The monoisotopic (exact) mass is 258 g/mol. The van der Waals surface area contributed by atoms with Crippen LogP contribution in [0.5, 0.6) is 0 Å². The zero-order valence-electron chi connectivity index (χ0n) is 9.99. The molecule has 2 heterocycles. The first kappa shape index (κ1) is 14.2. The van der Waals surface area contributed by atoms with E-state index in [1.54, 1.807) is 12.4 Å². The Kier molecular flexibility index (Phi) is 5.61. The van der Waals surface area contributed by atoms with Gasteiger partial charge >= 0.3 is 0 Å². The van der Waals surface area contributed by atoms with Crippen LogP contribution in [0, 0.1) is 0 Å². The van der Waals surface area contributed by atoms with Crippen molar-refractivity contribution in [2.75, 3.05) is 37.6 Å². The van der Waals surface area contributed by atoms with Crippen molar-refractivity contribution in [3.8, 4) is 0 Å². The maximum atomic E-state index is 9.31. The van der Waals surface area contributed by atoms with Gasteiger partial charge in [0, 0.05) is 45.1 Å². The van der Waals surface area contributed by atoms with Gasteiger partial charge in [0.25, 0.3) is 0 Å². The number of nitrogens with zero attached hydrogens (tertiary/aromatic N) is 4. The van der Waals surface area contributed by atoms with Gasteiger partial charge < -0.3 is 10.0 Å². The number of aromatic nitrogens is 2. The highest BCUT2D eigenvalue weighted by Crippen LogP contribution is 2.09. The van der Waals surface area contributed by atoms with E-state index in [-0.39, 0.29) is 18.5 Å². The molecule has 0 amide bonds. The SMILES string of the molecule is CC(O)CN1CCN(c2ncccn2)CC1.Cl. The fraction of sp³-hybridized carbons (Fsp3) is 0.636. The van der Waals surface area contributed by atoms with Crippen molar-refractivity contribution in [2.45, 2.75) is 13.0 Å². The molecule has 0 bridgehead atoms. The Morgan fingerprint density at radius 1 is 1.24 bits per heavy atom. The molecule has 1 N–H and O–H groups in total. The van der Waals surface area contributed by atoms with Crippen LogP contribution < -0.4 is 4.90 Å². The van der Waals surface area contributed by atoms with Crippen molar-refractivity contribution in [1.29, 1.82) is 0 Å². The summed E-state index contributed by atoms with van der Waals surface area (Å²) in [5.41, 5.74) is 0. The van der Waals surface area contributed by atoms with E-state index in [2.05, 4.69) is 19.8 Å². The van der Waals surface area contributed by atoms with Crippen molar-refractivity contribution >= 4 is 18.4 Å². The minimum absolute atomic E-state index is 0. The van der Waals surface area contributed by atoms with E-state index in [0.29, 0.717) is 0 Å². The van der Waals surface area contributed by atoms with Gasteiger partial charge in [-0.3, -0.25) is 4.90 Å². The lowest BCUT2D eigenvalue weighted by atomic mass is 10.3. The second-order valence-corrected chi connectivity index (χ2v) is 4.19. The molecule has 1 aromatic rings. The number of rotatable bonds is 3. The number of β-amino-alcohol motifs (C(OH)–C–C–N with tert-alkyl or cyclic N) is 1. The van der Waals surface area contributed by atoms with Crippen molar-refractivity contribution in [3.05, 3.63) is 18.5 Å². The van der Waals surface area contributed by atoms with Crippen LogP contribution in [0.25, 0.3) is 0 Å². The fourth-order valence-electron chi connectivity index (χ4n) is 1.96. The molecule has 17 heavy (non-hydrogen) atoms. The molecule has 0 aliphatic carbocycles. The predicted octanol–water partition coefficient (Wildman–Crippen LogP) is 0.401. The molecule has 0 spiro atoms. The van der Waals surface area contributed by atoms with Crippen LogP contribution in [0.2, 0.25) is 0 Å². The number of hydrogen-bond acceptors (Lipinski definition) is 5. The lowest BCUT2D eigenvalue weighted by Gasteiger charge is -2.35. The molecule has 1 aromatic heterocycles. The Labute approximate surface area is 108 Å². The average molecular weight is 259 g/mol. The lowest BCUT2D eigenvalue weighted by molar-refractivity contribution is 0.122. The summed E-state index contributed by atoms with van der Waals surface area (Å²) in [6, 6.07) is 1.83. The van der Waals surface area contributed by atoms with Crippen LogP contribution >= 0.6 is 12.4 Å². The van der Waals surface area contributed by atoms with Gasteiger partial charge in [0.1, 0.15) is 0 Å². The van der Waals surface area contributed by atoms with Crippen molar-refractivity contribution in [1.82, 2.24) is 14.9 Å². The van der Waals surface area contributed by atoms with E-state index in [1.165, 1.54) is 0 Å². The largest absolute Gasteiger partial charge is 0.392 e. The maximum Gasteiger partial charge on any atom is 0.225 e. The molecule has 5 nitrogen and oxygen atoms in total. The highest BCUT2D eigenvalue weighted by Gasteiger charge is 2.19. The number of piperazine rings is 1. The van der Waals surface area contributed by atoms with Gasteiger partial charge in [-0.1, -0.05) is 0 Å². The van der Waals surface area contributed by atoms with Gasteiger partial charge in [0.2, 0.25) is 5.95 Å². The third kappa shape index (κ3) is 4.11. The quantitative estimate of drug-likeness (QED) is 0.851. The molecule has 0 saturated carbocycles. The standard InChI is InChI=1S/C11H18N4O.ClH/c1-10(16)9-14-5-7-15(8-6-14)11-12-3-2-4-13-11;/h2-4,10,16H,5-9H2,1H3;1H. The molecule has 1 saturated heterocycles. The first-order chi connectivity index (χ1) is 7.75. The average Bonchev–Trinajstić information content (AvgIpc) is 2.30. The molecular formula is C11H19ClN4O. The molecule has 1 aliphatic heterocycles. The molecule has 0 aromatic carbocycles. The van der Waals surface area contributed by atoms with Gasteiger partial charge in [-0.15, -0.1) is 12.4 Å². The summed E-state index contributed by atoms with van der Waals surface area (Å²) in [6.07, 6.45) is 3.29. The first-order valence-corrected chi connectivity index (χ1v) is 5.68. The Hall–Kier alpha value is -0.910. The molecular weight excluding hydrogens is 240 g/mol. The molecule has 0 radical (unpaired) electrons. The summed E-state index contributed by atoms with van der Waals surface area (Å²) in [4.78, 5) is 12.9. The third-order valence-corrected chi connectivity index (χ3v) is 2.73. The van der Waals surface area contributed by atoms with Crippen LogP contribution in [-0.2, 0) is 0 Å². The van der Waals surface area contributed by atoms with E-state index in [4.69, 9.17) is 0 Å². The molecule has 96 valence electrons. The van der Waals surface area contributed by atoms with E-state index in [0.717, 1.165) is 38.7 Å². The van der Waals surface area contributed by atoms with Crippen molar-refractivity contribution in [3.63, 3.8) is 0 Å². The second kappa shape index (κ2) is 6.74. The van der Waals surface area contributed by atoms with E-state index >= 15 is 0 Å². The molecule has 6 heteroatoms. The van der Waals surface area contributed by atoms with Gasteiger partial charge in [-0.2, -0.15) is 0 Å². The highest BCUT2D eigenvalue weighted by molar-refractivity contribution is 5.85. The van der Waals surface area contributed by atoms with Gasteiger partial charge in [0.05, 0.1) is 6.10 Å². The van der Waals surface area contributed by atoms with Crippen LogP contribution in [0.3, 0.4) is 0 Å². The zero-order chi connectivity index (χ0) is 11.4. The Bertz CT molecular complexity index is 315. The van der Waals surface area contributed by atoms with Crippen LogP contribution in [0.1, 0.15) is 6.92 Å². The van der Waals surface area contributed by atoms with E-state index in [1.807, 2.05) is 13.0 Å². The van der Waals surface area contributed by atoms with Crippen LogP contribution in [0.4, 0.5) is 5.95 Å². The Balaban J connectivity index is 0.00000144.